The molecule has 4 nitrogen and oxygen atoms in total. The van der Waals surface area contributed by atoms with E-state index in [1.165, 1.54) is 11.3 Å². The van der Waals surface area contributed by atoms with Crippen LogP contribution in [-0.2, 0) is 7.05 Å². The number of aryl methyl sites for hydroxylation is 1. The molecule has 0 unspecified atom stereocenters. The Labute approximate surface area is 119 Å². The Morgan fingerprint density at radius 3 is 2.72 bits per heavy atom. The van der Waals surface area contributed by atoms with Gasteiger partial charge < -0.3 is 0 Å². The molecule has 0 saturated carbocycles. The minimum Gasteiger partial charge on any atom is -0.295 e. The highest BCUT2D eigenvalue weighted by Crippen LogP contribution is 2.25. The molecule has 0 atom stereocenters. The van der Waals surface area contributed by atoms with E-state index in [4.69, 9.17) is 0 Å². The van der Waals surface area contributed by atoms with Gasteiger partial charge in [0.25, 0.3) is 0 Å². The summed E-state index contributed by atoms with van der Waals surface area (Å²) in [5.41, 5.74) is 5.53. The van der Waals surface area contributed by atoms with Crippen molar-refractivity contribution < 1.29 is 0 Å². The van der Waals surface area contributed by atoms with E-state index in [-0.39, 0.29) is 0 Å². The molecule has 0 aliphatic rings. The van der Waals surface area contributed by atoms with E-state index in [2.05, 4.69) is 63.1 Å². The summed E-state index contributed by atoms with van der Waals surface area (Å²) in [5.74, 6) is 0. The van der Waals surface area contributed by atoms with Gasteiger partial charge in [0.15, 0.2) is 0 Å². The van der Waals surface area contributed by atoms with E-state index in [0.29, 0.717) is 0 Å². The molecule has 5 heteroatoms. The van der Waals surface area contributed by atoms with Crippen molar-refractivity contribution in [2.45, 2.75) is 13.8 Å². The van der Waals surface area contributed by atoms with Gasteiger partial charge in [-0.3, -0.25) is 9.08 Å². The first-order chi connectivity index (χ1) is 8.58. The zero-order chi connectivity index (χ0) is 12.9. The van der Waals surface area contributed by atoms with Crippen molar-refractivity contribution in [3.05, 3.63) is 39.5 Å². The molecule has 18 heavy (non-hydrogen) atoms. The van der Waals surface area contributed by atoms with Gasteiger partial charge in [0.1, 0.15) is 9.35 Å². The minimum atomic E-state index is 0.958. The first-order valence-electron chi connectivity index (χ1n) is 5.71. The van der Waals surface area contributed by atoms with E-state index in [9.17, 15) is 0 Å². The SMILES string of the molecule is Cc1c(-c2ccn3c(I)cnc3c2)nn(C)c1C. The number of hydrogen-bond donors (Lipinski definition) is 0. The maximum absolute atomic E-state index is 4.57. The lowest BCUT2D eigenvalue weighted by Crippen LogP contribution is -1.93. The van der Waals surface area contributed by atoms with Crippen LogP contribution in [0.2, 0.25) is 0 Å². The Bertz CT molecular complexity index is 739. The second-order valence-corrected chi connectivity index (χ2v) is 5.51. The number of halogens is 1. The molecule has 3 aromatic heterocycles. The quantitative estimate of drug-likeness (QED) is 0.632. The first-order valence-corrected chi connectivity index (χ1v) is 6.79. The van der Waals surface area contributed by atoms with Gasteiger partial charge in [-0.1, -0.05) is 0 Å². The van der Waals surface area contributed by atoms with Gasteiger partial charge in [-0.15, -0.1) is 0 Å². The molecule has 0 amide bonds. The van der Waals surface area contributed by atoms with Gasteiger partial charge in [0.2, 0.25) is 0 Å². The third-order valence-electron chi connectivity index (χ3n) is 3.37. The summed E-state index contributed by atoms with van der Waals surface area (Å²) in [7, 11) is 1.98. The molecule has 0 aromatic carbocycles. The predicted molar refractivity (Wildman–Crippen MR) is 79.6 cm³/mol. The Morgan fingerprint density at radius 1 is 1.28 bits per heavy atom. The summed E-state index contributed by atoms with van der Waals surface area (Å²) >= 11 is 2.28. The van der Waals surface area contributed by atoms with Gasteiger partial charge >= 0.3 is 0 Å². The van der Waals surface area contributed by atoms with Gasteiger partial charge in [-0.05, 0) is 54.1 Å². The average molecular weight is 352 g/mol. The van der Waals surface area contributed by atoms with Gasteiger partial charge in [-0.2, -0.15) is 5.10 Å². The summed E-state index contributed by atoms with van der Waals surface area (Å²) < 4.78 is 5.10. The molecule has 92 valence electrons. The zero-order valence-electron chi connectivity index (χ0n) is 10.5. The monoisotopic (exact) mass is 352 g/mol. The maximum Gasteiger partial charge on any atom is 0.138 e. The Balaban J connectivity index is 2.22. The molecule has 0 aliphatic carbocycles. The van der Waals surface area contributed by atoms with E-state index in [1.54, 1.807) is 0 Å². The van der Waals surface area contributed by atoms with E-state index in [1.807, 2.05) is 24.1 Å². The third kappa shape index (κ3) is 1.65. The molecule has 0 fully saturated rings. The van der Waals surface area contributed by atoms with E-state index >= 15 is 0 Å². The maximum atomic E-state index is 4.57. The summed E-state index contributed by atoms with van der Waals surface area (Å²) in [6.07, 6.45) is 3.92. The van der Waals surface area contributed by atoms with Crippen molar-refractivity contribution in [1.82, 2.24) is 19.2 Å². The highest BCUT2D eigenvalue weighted by atomic mass is 127. The van der Waals surface area contributed by atoms with Crippen molar-refractivity contribution in [3.63, 3.8) is 0 Å². The average Bonchev–Trinajstić information content (AvgIpc) is 2.85. The van der Waals surface area contributed by atoms with Gasteiger partial charge in [0.05, 0.1) is 11.9 Å². The standard InChI is InChI=1S/C13H13IN4/c1-8-9(2)17(3)16-13(8)10-4-5-18-11(14)7-15-12(18)6-10/h4-7H,1-3H3. The highest BCUT2D eigenvalue weighted by molar-refractivity contribution is 14.1. The zero-order valence-corrected chi connectivity index (χ0v) is 12.6. The van der Waals surface area contributed by atoms with Crippen LogP contribution in [0.1, 0.15) is 11.3 Å². The lowest BCUT2D eigenvalue weighted by atomic mass is 10.1. The second-order valence-electron chi connectivity index (χ2n) is 4.41. The lowest BCUT2D eigenvalue weighted by molar-refractivity contribution is 0.741. The molecule has 3 aromatic rings. The van der Waals surface area contributed by atoms with Crippen molar-refractivity contribution in [2.24, 2.45) is 7.05 Å². The molecule has 3 heterocycles. The van der Waals surface area contributed by atoms with Crippen LogP contribution in [0.25, 0.3) is 16.9 Å². The summed E-state index contributed by atoms with van der Waals surface area (Å²) in [4.78, 5) is 4.38. The minimum absolute atomic E-state index is 0.958. The molecule has 0 saturated heterocycles. The number of imidazole rings is 1. The highest BCUT2D eigenvalue weighted by Gasteiger charge is 2.11. The normalized spacial score (nSPS) is 11.3. The molecule has 0 bridgehead atoms. The molecule has 0 spiro atoms. The van der Waals surface area contributed by atoms with Crippen LogP contribution in [0.3, 0.4) is 0 Å². The fraction of sp³-hybridized carbons (Fsp3) is 0.231. The predicted octanol–water partition coefficient (Wildman–Crippen LogP) is 2.96. The Morgan fingerprint density at radius 2 is 2.06 bits per heavy atom. The smallest absolute Gasteiger partial charge is 0.138 e. The molecule has 0 aliphatic heterocycles. The second kappa shape index (κ2) is 4.08. The van der Waals surface area contributed by atoms with E-state index < -0.39 is 0 Å². The Kier molecular flexibility index (Phi) is 2.65. The molecular formula is C13H13IN4. The van der Waals surface area contributed by atoms with E-state index in [0.717, 1.165) is 20.6 Å². The van der Waals surface area contributed by atoms with Crippen molar-refractivity contribution in [1.29, 1.82) is 0 Å². The number of rotatable bonds is 1. The summed E-state index contributed by atoms with van der Waals surface area (Å²) in [6.45, 7) is 4.19. The third-order valence-corrected chi connectivity index (χ3v) is 4.17. The van der Waals surface area contributed by atoms with Crippen LogP contribution in [-0.4, -0.2) is 19.2 Å². The topological polar surface area (TPSA) is 35.1 Å². The Hall–Kier alpha value is -1.37. The van der Waals surface area contributed by atoms with Crippen LogP contribution in [0.15, 0.2) is 24.5 Å². The van der Waals surface area contributed by atoms with Gasteiger partial charge in [-0.25, -0.2) is 4.98 Å². The summed E-state index contributed by atoms with van der Waals surface area (Å²) in [6, 6.07) is 4.17. The number of fused-ring (bicyclic) bond motifs is 1. The first kappa shape index (κ1) is 11.7. The van der Waals surface area contributed by atoms with Crippen molar-refractivity contribution >= 4 is 28.2 Å². The fourth-order valence-electron chi connectivity index (χ4n) is 2.09. The number of aromatic nitrogens is 4. The van der Waals surface area contributed by atoms with Crippen LogP contribution in [0.4, 0.5) is 0 Å². The van der Waals surface area contributed by atoms with Crippen LogP contribution in [0.5, 0.6) is 0 Å². The number of pyridine rings is 1. The van der Waals surface area contributed by atoms with Crippen LogP contribution in [0, 0.1) is 17.5 Å². The number of nitrogens with zero attached hydrogens (tertiary/aromatic N) is 4. The molecule has 0 N–H and O–H groups in total. The van der Waals surface area contributed by atoms with Crippen LogP contribution < -0.4 is 0 Å². The summed E-state index contributed by atoms with van der Waals surface area (Å²) in [5, 5.41) is 4.57. The van der Waals surface area contributed by atoms with Crippen molar-refractivity contribution in [2.75, 3.05) is 0 Å². The lowest BCUT2D eigenvalue weighted by Gasteiger charge is -2.01. The van der Waals surface area contributed by atoms with Crippen LogP contribution >= 0.6 is 22.6 Å². The molecule has 3 rings (SSSR count). The fourth-order valence-corrected chi connectivity index (χ4v) is 2.63. The largest absolute Gasteiger partial charge is 0.295 e. The van der Waals surface area contributed by atoms with Gasteiger partial charge in [0, 0.05) is 24.5 Å². The number of hydrogen-bond acceptors (Lipinski definition) is 2. The molecular weight excluding hydrogens is 339 g/mol. The van der Waals surface area contributed by atoms with Crippen molar-refractivity contribution in [3.8, 4) is 11.3 Å². The molecule has 0 radical (unpaired) electrons.